The van der Waals surface area contributed by atoms with Crippen molar-refractivity contribution in [3.05, 3.63) is 71.5 Å². The first-order valence-electron chi connectivity index (χ1n) is 10.6. The van der Waals surface area contributed by atoms with Gasteiger partial charge < -0.3 is 18.8 Å². The molecule has 12 heteroatoms. The van der Waals surface area contributed by atoms with Crippen LogP contribution < -0.4 is 14.2 Å². The highest BCUT2D eigenvalue weighted by Gasteiger charge is 2.44. The maximum absolute atomic E-state index is 13.2. The highest BCUT2D eigenvalue weighted by molar-refractivity contribution is 7.90. The number of nitrogens with zero attached hydrogens (tertiary/aromatic N) is 2. The number of benzene rings is 2. The van der Waals surface area contributed by atoms with Gasteiger partial charge in [0, 0.05) is 22.8 Å². The van der Waals surface area contributed by atoms with Crippen LogP contribution in [0.15, 0.2) is 59.9 Å². The largest absolute Gasteiger partial charge is 0.609 e. The van der Waals surface area contributed by atoms with Gasteiger partial charge in [-0.05, 0) is 24.6 Å². The number of pyridine rings is 1. The van der Waals surface area contributed by atoms with E-state index in [-0.39, 0.29) is 16.4 Å². The summed E-state index contributed by atoms with van der Waals surface area (Å²) >= 11 is -1.70. The van der Waals surface area contributed by atoms with E-state index in [0.29, 0.717) is 34.9 Å². The molecule has 4 aromatic rings. The Hall–Kier alpha value is -3.51. The minimum absolute atomic E-state index is 0.0200. The standard InChI is InChI=1S/C24H21F4N3O4S/c1-14-19(29-11-20(21(14)33-2)34-12-15-6-4-3-5-7-15)13-36(32)23-30-17-9-8-16(10-18(17)31-23)35-24(27,28)22(25)26/h3-11,22H,12-13H2,1-2H3,(H,30,31). The normalized spacial score (nSPS) is 12.7. The van der Waals surface area contributed by atoms with Crippen molar-refractivity contribution in [3.8, 4) is 17.2 Å². The van der Waals surface area contributed by atoms with E-state index in [1.165, 1.54) is 19.4 Å². The maximum Gasteiger partial charge on any atom is 0.461 e. The van der Waals surface area contributed by atoms with E-state index in [4.69, 9.17) is 9.47 Å². The van der Waals surface area contributed by atoms with Gasteiger partial charge in [0.25, 0.3) is 0 Å². The molecule has 1 atom stereocenters. The van der Waals surface area contributed by atoms with Crippen molar-refractivity contribution < 1.29 is 36.3 Å². The fraction of sp³-hybridized carbons (Fsp3) is 0.250. The number of H-pyrrole nitrogens is 1. The van der Waals surface area contributed by atoms with Crippen LogP contribution in [0, 0.1) is 6.92 Å². The van der Waals surface area contributed by atoms with E-state index in [0.717, 1.165) is 17.7 Å². The Balaban J connectivity index is 1.50. The Morgan fingerprint density at radius 2 is 1.89 bits per heavy atom. The van der Waals surface area contributed by atoms with Crippen LogP contribution in [0.1, 0.15) is 16.8 Å². The Kier molecular flexibility index (Phi) is 7.55. The molecular weight excluding hydrogens is 502 g/mol. The molecule has 0 aliphatic rings. The lowest BCUT2D eigenvalue weighted by molar-refractivity contribution is -0.253. The first kappa shape index (κ1) is 25.6. The van der Waals surface area contributed by atoms with Crippen LogP contribution in [0.25, 0.3) is 11.0 Å². The Morgan fingerprint density at radius 3 is 2.58 bits per heavy atom. The highest BCUT2D eigenvalue weighted by atomic mass is 32.2. The molecule has 0 fully saturated rings. The molecule has 2 aromatic heterocycles. The van der Waals surface area contributed by atoms with Gasteiger partial charge in [-0.1, -0.05) is 30.3 Å². The number of nitrogens with one attached hydrogen (secondary N) is 1. The first-order chi connectivity index (χ1) is 17.2. The van der Waals surface area contributed by atoms with Crippen molar-refractivity contribution in [2.45, 2.75) is 37.0 Å². The first-order valence-corrected chi connectivity index (χ1v) is 11.9. The summed E-state index contributed by atoms with van der Waals surface area (Å²) in [5, 5.41) is 0.0624. The van der Waals surface area contributed by atoms with Crippen molar-refractivity contribution >= 4 is 22.2 Å². The number of ether oxygens (including phenoxy) is 3. The number of aromatic nitrogens is 3. The average Bonchev–Trinajstić information content (AvgIpc) is 3.28. The topological polar surface area (TPSA) is 92.3 Å². The van der Waals surface area contributed by atoms with Crippen LogP contribution in [0.5, 0.6) is 17.2 Å². The van der Waals surface area contributed by atoms with Crippen LogP contribution in [-0.2, 0) is 23.5 Å². The fourth-order valence-electron chi connectivity index (χ4n) is 3.37. The van der Waals surface area contributed by atoms with Gasteiger partial charge in [-0.2, -0.15) is 22.5 Å². The maximum atomic E-state index is 13.2. The quantitative estimate of drug-likeness (QED) is 0.221. The SMILES string of the molecule is COc1c(OCc2ccccc2)cnc(C[S+]([O-])c2nc3cc(OC(F)(F)C(F)F)ccc3[nH]2)c1C. The number of hydrogen-bond acceptors (Lipinski definition) is 6. The van der Waals surface area contributed by atoms with E-state index in [1.807, 2.05) is 30.3 Å². The van der Waals surface area contributed by atoms with Gasteiger partial charge in [-0.15, -0.1) is 0 Å². The van der Waals surface area contributed by atoms with Gasteiger partial charge in [0.15, 0.2) is 17.3 Å². The molecule has 2 heterocycles. The molecule has 0 saturated heterocycles. The zero-order chi connectivity index (χ0) is 25.9. The lowest BCUT2D eigenvalue weighted by Gasteiger charge is -2.16. The summed E-state index contributed by atoms with van der Waals surface area (Å²) < 4.78 is 79.6. The predicted molar refractivity (Wildman–Crippen MR) is 124 cm³/mol. The third kappa shape index (κ3) is 5.65. The molecule has 0 radical (unpaired) electrons. The highest BCUT2D eigenvalue weighted by Crippen LogP contribution is 2.34. The molecular formula is C24H21F4N3O4S. The van der Waals surface area contributed by atoms with Crippen LogP contribution in [0.2, 0.25) is 0 Å². The second-order valence-electron chi connectivity index (χ2n) is 7.68. The number of aromatic amines is 1. The van der Waals surface area contributed by atoms with Crippen LogP contribution in [0.3, 0.4) is 0 Å². The number of rotatable bonds is 10. The van der Waals surface area contributed by atoms with Gasteiger partial charge in [0.05, 0.1) is 30.0 Å². The van der Waals surface area contributed by atoms with Crippen LogP contribution in [0.4, 0.5) is 17.6 Å². The number of alkyl halides is 4. The minimum Gasteiger partial charge on any atom is -0.609 e. The zero-order valence-corrected chi connectivity index (χ0v) is 20.0. The minimum atomic E-state index is -4.64. The molecule has 0 saturated carbocycles. The van der Waals surface area contributed by atoms with Gasteiger partial charge in [0.1, 0.15) is 12.4 Å². The van der Waals surface area contributed by atoms with Gasteiger partial charge in [-0.25, -0.2) is 0 Å². The summed E-state index contributed by atoms with van der Waals surface area (Å²) in [5.41, 5.74) is 2.60. The fourth-order valence-corrected chi connectivity index (χ4v) is 4.47. The molecule has 0 spiro atoms. The van der Waals surface area contributed by atoms with Gasteiger partial charge in [-0.3, -0.25) is 9.97 Å². The van der Waals surface area contributed by atoms with Crippen molar-refractivity contribution in [2.24, 2.45) is 0 Å². The number of fused-ring (bicyclic) bond motifs is 1. The third-order valence-electron chi connectivity index (χ3n) is 5.20. The molecule has 1 unspecified atom stereocenters. The van der Waals surface area contributed by atoms with Crippen LogP contribution >= 0.6 is 0 Å². The number of halogens is 4. The summed E-state index contributed by atoms with van der Waals surface area (Å²) in [6.07, 6.45) is -7.14. The van der Waals surface area contributed by atoms with Gasteiger partial charge >= 0.3 is 17.7 Å². The van der Waals surface area contributed by atoms with E-state index < -0.39 is 29.5 Å². The van der Waals surface area contributed by atoms with Crippen molar-refractivity contribution in [2.75, 3.05) is 7.11 Å². The molecule has 7 nitrogen and oxygen atoms in total. The summed E-state index contributed by atoms with van der Waals surface area (Å²) in [7, 11) is 1.49. The number of hydrogen-bond donors (Lipinski definition) is 1. The van der Waals surface area contributed by atoms with Crippen LogP contribution in [-0.4, -0.2) is 39.1 Å². The molecule has 0 aliphatic heterocycles. The summed E-state index contributed by atoms with van der Waals surface area (Å²) in [6.45, 7) is 2.08. The van der Waals surface area contributed by atoms with E-state index >= 15 is 0 Å². The third-order valence-corrected chi connectivity index (χ3v) is 6.36. The predicted octanol–water partition coefficient (Wildman–Crippen LogP) is 5.40. The summed E-state index contributed by atoms with van der Waals surface area (Å²) in [6, 6.07) is 13.1. The van der Waals surface area contributed by atoms with Gasteiger partial charge in [0.2, 0.25) is 0 Å². The molecule has 4 rings (SSSR count). The second-order valence-corrected chi connectivity index (χ2v) is 9.04. The summed E-state index contributed by atoms with van der Waals surface area (Å²) in [5.74, 6) is 0.378. The Labute approximate surface area is 206 Å². The van der Waals surface area contributed by atoms with Crippen molar-refractivity contribution in [3.63, 3.8) is 0 Å². The molecule has 0 bridgehead atoms. The Bertz CT molecular complexity index is 1340. The lowest BCUT2D eigenvalue weighted by atomic mass is 10.2. The van der Waals surface area contributed by atoms with E-state index in [9.17, 15) is 22.1 Å². The molecule has 2 aromatic carbocycles. The average molecular weight is 524 g/mol. The van der Waals surface area contributed by atoms with Crippen molar-refractivity contribution in [1.82, 2.24) is 15.0 Å². The molecule has 1 N–H and O–H groups in total. The van der Waals surface area contributed by atoms with E-state index in [1.54, 1.807) is 6.92 Å². The number of methoxy groups -OCH3 is 1. The lowest BCUT2D eigenvalue weighted by Crippen LogP contribution is -2.33. The molecule has 190 valence electrons. The molecule has 0 amide bonds. The second kappa shape index (κ2) is 10.6. The van der Waals surface area contributed by atoms with Crippen molar-refractivity contribution in [1.29, 1.82) is 0 Å². The Morgan fingerprint density at radius 1 is 1.14 bits per heavy atom. The molecule has 0 aliphatic carbocycles. The number of imidazole rings is 1. The van der Waals surface area contributed by atoms with E-state index in [2.05, 4.69) is 19.7 Å². The monoisotopic (exact) mass is 523 g/mol. The molecule has 36 heavy (non-hydrogen) atoms. The smallest absolute Gasteiger partial charge is 0.461 e. The zero-order valence-electron chi connectivity index (χ0n) is 19.1. The summed E-state index contributed by atoms with van der Waals surface area (Å²) in [4.78, 5) is 11.4.